The fourth-order valence-corrected chi connectivity index (χ4v) is 1.84. The standard InChI is InChI=1S/C13H8O4/c14-6-8-4-5-9(7-15)12-10(8)2-1-3-11(12)13(16)17/h1-7H,(H,16,17). The highest BCUT2D eigenvalue weighted by Crippen LogP contribution is 2.25. The molecule has 0 heterocycles. The lowest BCUT2D eigenvalue weighted by molar-refractivity contribution is 0.0699. The van der Waals surface area contributed by atoms with Gasteiger partial charge in [-0.2, -0.15) is 0 Å². The molecule has 0 fully saturated rings. The van der Waals surface area contributed by atoms with Gasteiger partial charge in [-0.05, 0) is 11.5 Å². The van der Waals surface area contributed by atoms with Gasteiger partial charge in [0.1, 0.15) is 0 Å². The normalized spacial score (nSPS) is 10.1. The number of fused-ring (bicyclic) bond motifs is 1. The van der Waals surface area contributed by atoms with Crippen molar-refractivity contribution in [2.75, 3.05) is 0 Å². The lowest BCUT2D eigenvalue weighted by Gasteiger charge is -2.06. The minimum Gasteiger partial charge on any atom is -0.478 e. The van der Waals surface area contributed by atoms with Crippen molar-refractivity contribution >= 4 is 29.3 Å². The smallest absolute Gasteiger partial charge is 0.336 e. The predicted molar refractivity (Wildman–Crippen MR) is 61.7 cm³/mol. The molecule has 0 aromatic heterocycles. The number of carbonyl (C=O) groups is 3. The van der Waals surface area contributed by atoms with Crippen LogP contribution in [0.4, 0.5) is 0 Å². The van der Waals surface area contributed by atoms with Crippen LogP contribution in [-0.4, -0.2) is 23.6 Å². The van der Waals surface area contributed by atoms with Crippen LogP contribution < -0.4 is 0 Å². The van der Waals surface area contributed by atoms with Gasteiger partial charge in [0.15, 0.2) is 12.6 Å². The largest absolute Gasteiger partial charge is 0.478 e. The molecule has 0 unspecified atom stereocenters. The van der Waals surface area contributed by atoms with Gasteiger partial charge in [0.2, 0.25) is 0 Å². The summed E-state index contributed by atoms with van der Waals surface area (Å²) in [6.07, 6.45) is 1.23. The zero-order valence-electron chi connectivity index (χ0n) is 8.71. The number of carboxylic acids is 1. The van der Waals surface area contributed by atoms with E-state index in [9.17, 15) is 14.4 Å². The van der Waals surface area contributed by atoms with Crippen molar-refractivity contribution in [1.29, 1.82) is 0 Å². The molecule has 0 bridgehead atoms. The predicted octanol–water partition coefficient (Wildman–Crippen LogP) is 2.16. The van der Waals surface area contributed by atoms with E-state index in [4.69, 9.17) is 5.11 Å². The summed E-state index contributed by atoms with van der Waals surface area (Å²) >= 11 is 0. The highest BCUT2D eigenvalue weighted by Gasteiger charge is 2.13. The summed E-state index contributed by atoms with van der Waals surface area (Å²) in [5.74, 6) is -1.12. The second-order valence-electron chi connectivity index (χ2n) is 3.51. The van der Waals surface area contributed by atoms with Gasteiger partial charge < -0.3 is 5.11 Å². The molecule has 4 heteroatoms. The first-order valence-corrected chi connectivity index (χ1v) is 4.88. The molecule has 0 aliphatic rings. The summed E-state index contributed by atoms with van der Waals surface area (Å²) in [7, 11) is 0. The van der Waals surface area contributed by atoms with Gasteiger partial charge >= 0.3 is 5.97 Å². The van der Waals surface area contributed by atoms with Gasteiger partial charge in [0.25, 0.3) is 0 Å². The van der Waals surface area contributed by atoms with Crippen LogP contribution in [-0.2, 0) is 0 Å². The summed E-state index contributed by atoms with van der Waals surface area (Å²) in [6, 6.07) is 7.54. The Bertz CT molecular complexity index is 629. The van der Waals surface area contributed by atoms with Crippen LogP contribution in [0.15, 0.2) is 30.3 Å². The maximum Gasteiger partial charge on any atom is 0.336 e. The second-order valence-corrected chi connectivity index (χ2v) is 3.51. The van der Waals surface area contributed by atoms with Crippen molar-refractivity contribution in [3.63, 3.8) is 0 Å². The van der Waals surface area contributed by atoms with Crippen molar-refractivity contribution < 1.29 is 19.5 Å². The molecule has 0 atom stereocenters. The van der Waals surface area contributed by atoms with Crippen LogP contribution in [0.25, 0.3) is 10.8 Å². The molecule has 2 rings (SSSR count). The minimum absolute atomic E-state index is 0.0216. The van der Waals surface area contributed by atoms with E-state index in [1.165, 1.54) is 18.2 Å². The molecule has 0 aliphatic heterocycles. The zero-order valence-corrected chi connectivity index (χ0v) is 8.71. The summed E-state index contributed by atoms with van der Waals surface area (Å²) in [5.41, 5.74) is 0.658. The molecule has 4 nitrogen and oxygen atoms in total. The summed E-state index contributed by atoms with van der Waals surface area (Å²) in [5, 5.41) is 9.84. The minimum atomic E-state index is -1.12. The molecule has 0 aliphatic carbocycles. The van der Waals surface area contributed by atoms with E-state index in [-0.39, 0.29) is 11.1 Å². The number of carbonyl (C=O) groups excluding carboxylic acids is 2. The number of aromatic carboxylic acids is 1. The number of hydrogen-bond donors (Lipinski definition) is 1. The van der Waals surface area contributed by atoms with E-state index in [1.54, 1.807) is 12.1 Å². The Morgan fingerprint density at radius 1 is 1.00 bits per heavy atom. The summed E-state index contributed by atoms with van der Waals surface area (Å²) < 4.78 is 0. The molecule has 1 N–H and O–H groups in total. The number of carboxylic acid groups (broad SMARTS) is 1. The van der Waals surface area contributed by atoms with Gasteiger partial charge in [0.05, 0.1) is 5.56 Å². The zero-order chi connectivity index (χ0) is 12.4. The maximum absolute atomic E-state index is 11.1. The SMILES string of the molecule is O=Cc1ccc(C=O)c2c(C(=O)O)cccc12. The molecule has 0 spiro atoms. The Morgan fingerprint density at radius 2 is 1.65 bits per heavy atom. The van der Waals surface area contributed by atoms with Crippen LogP contribution >= 0.6 is 0 Å². The number of hydrogen-bond acceptors (Lipinski definition) is 3. The van der Waals surface area contributed by atoms with Gasteiger partial charge in [-0.15, -0.1) is 0 Å². The summed E-state index contributed by atoms with van der Waals surface area (Å²) in [4.78, 5) is 32.9. The Kier molecular flexibility index (Phi) is 2.70. The Hall–Kier alpha value is -2.49. The van der Waals surface area contributed by atoms with Crippen LogP contribution in [0.1, 0.15) is 31.1 Å². The third kappa shape index (κ3) is 1.69. The number of rotatable bonds is 3. The molecule has 2 aromatic carbocycles. The highest BCUT2D eigenvalue weighted by atomic mass is 16.4. The molecule has 0 radical (unpaired) electrons. The highest BCUT2D eigenvalue weighted by molar-refractivity contribution is 6.13. The van der Waals surface area contributed by atoms with Gasteiger partial charge in [0, 0.05) is 16.5 Å². The third-order valence-electron chi connectivity index (χ3n) is 2.59. The van der Waals surface area contributed by atoms with Crippen molar-refractivity contribution in [3.05, 3.63) is 47.0 Å². The molecule has 0 saturated heterocycles. The Labute approximate surface area is 96.5 Å². The van der Waals surface area contributed by atoms with E-state index >= 15 is 0 Å². The van der Waals surface area contributed by atoms with Crippen molar-refractivity contribution in [2.45, 2.75) is 0 Å². The fourth-order valence-electron chi connectivity index (χ4n) is 1.84. The first kappa shape index (κ1) is 11.0. The van der Waals surface area contributed by atoms with Crippen molar-refractivity contribution in [1.82, 2.24) is 0 Å². The van der Waals surface area contributed by atoms with Gasteiger partial charge in [-0.3, -0.25) is 9.59 Å². The Morgan fingerprint density at radius 3 is 2.24 bits per heavy atom. The summed E-state index contributed by atoms with van der Waals surface area (Å²) in [6.45, 7) is 0. The molecular weight excluding hydrogens is 220 g/mol. The molecule has 2 aromatic rings. The van der Waals surface area contributed by atoms with E-state index in [0.29, 0.717) is 28.9 Å². The first-order chi connectivity index (χ1) is 8.19. The number of benzene rings is 2. The third-order valence-corrected chi connectivity index (χ3v) is 2.59. The average Bonchev–Trinajstić information content (AvgIpc) is 2.36. The quantitative estimate of drug-likeness (QED) is 0.817. The molecular formula is C13H8O4. The van der Waals surface area contributed by atoms with Crippen LogP contribution in [0, 0.1) is 0 Å². The number of aldehydes is 2. The van der Waals surface area contributed by atoms with Gasteiger partial charge in [-0.1, -0.05) is 24.3 Å². The molecule has 84 valence electrons. The van der Waals surface area contributed by atoms with Gasteiger partial charge in [-0.25, -0.2) is 4.79 Å². The van der Waals surface area contributed by atoms with Crippen LogP contribution in [0.3, 0.4) is 0 Å². The van der Waals surface area contributed by atoms with E-state index in [1.807, 2.05) is 0 Å². The monoisotopic (exact) mass is 228 g/mol. The molecule has 0 saturated carbocycles. The Balaban J connectivity index is 3.00. The van der Waals surface area contributed by atoms with E-state index in [0.717, 1.165) is 0 Å². The van der Waals surface area contributed by atoms with E-state index in [2.05, 4.69) is 0 Å². The maximum atomic E-state index is 11.1. The topological polar surface area (TPSA) is 71.4 Å². The molecule has 17 heavy (non-hydrogen) atoms. The molecule has 0 amide bonds. The van der Waals surface area contributed by atoms with Crippen LogP contribution in [0.5, 0.6) is 0 Å². The second kappa shape index (κ2) is 4.17. The fraction of sp³-hybridized carbons (Fsp3) is 0. The van der Waals surface area contributed by atoms with Crippen molar-refractivity contribution in [3.8, 4) is 0 Å². The van der Waals surface area contributed by atoms with E-state index < -0.39 is 5.97 Å². The van der Waals surface area contributed by atoms with Crippen molar-refractivity contribution in [2.24, 2.45) is 0 Å². The average molecular weight is 228 g/mol. The lowest BCUT2D eigenvalue weighted by Crippen LogP contribution is -2.01. The van der Waals surface area contributed by atoms with Crippen LogP contribution in [0.2, 0.25) is 0 Å². The lowest BCUT2D eigenvalue weighted by atomic mass is 9.96. The first-order valence-electron chi connectivity index (χ1n) is 4.88.